The Hall–Kier alpha value is -1.94. The minimum absolute atomic E-state index is 0.0507. The summed E-state index contributed by atoms with van der Waals surface area (Å²) in [6.45, 7) is 2.66. The van der Waals surface area contributed by atoms with E-state index in [0.717, 1.165) is 19.0 Å². The first-order chi connectivity index (χ1) is 9.16. The topological polar surface area (TPSA) is 45.2 Å². The van der Waals surface area contributed by atoms with Crippen molar-refractivity contribution >= 4 is 0 Å². The van der Waals surface area contributed by atoms with Crippen LogP contribution in [0.3, 0.4) is 0 Å². The van der Waals surface area contributed by atoms with E-state index in [9.17, 15) is 9.50 Å². The summed E-state index contributed by atoms with van der Waals surface area (Å²) in [5.74, 6) is -0.436. The highest BCUT2D eigenvalue weighted by Gasteiger charge is 2.10. The molecule has 0 radical (unpaired) electrons. The number of aromatic nitrogens is 1. The van der Waals surface area contributed by atoms with Crippen LogP contribution in [0.5, 0.6) is 5.75 Å². The Morgan fingerprint density at radius 2 is 2.00 bits per heavy atom. The zero-order valence-corrected chi connectivity index (χ0v) is 10.8. The molecule has 2 rings (SSSR count). The molecule has 0 bridgehead atoms. The number of nitrogens with zero attached hydrogens (tertiary/aromatic N) is 1. The van der Waals surface area contributed by atoms with Gasteiger partial charge in [-0.05, 0) is 43.7 Å². The van der Waals surface area contributed by atoms with Crippen molar-refractivity contribution in [1.82, 2.24) is 10.3 Å². The summed E-state index contributed by atoms with van der Waals surface area (Å²) < 4.78 is 13.6. The van der Waals surface area contributed by atoms with Gasteiger partial charge in [0.1, 0.15) is 11.6 Å². The highest BCUT2D eigenvalue weighted by molar-refractivity contribution is 5.29. The van der Waals surface area contributed by atoms with Gasteiger partial charge in [-0.15, -0.1) is 0 Å². The second-order valence-corrected chi connectivity index (χ2v) is 4.49. The number of halogens is 1. The van der Waals surface area contributed by atoms with Gasteiger partial charge in [0.25, 0.3) is 0 Å². The van der Waals surface area contributed by atoms with Crippen LogP contribution in [0, 0.1) is 5.82 Å². The first-order valence-electron chi connectivity index (χ1n) is 6.27. The molecule has 2 N–H and O–H groups in total. The number of hydrogen-bond acceptors (Lipinski definition) is 3. The normalized spacial score (nSPS) is 12.3. The molecule has 0 saturated heterocycles. The fraction of sp³-hybridized carbons (Fsp3) is 0.267. The van der Waals surface area contributed by atoms with Crippen molar-refractivity contribution in [2.24, 2.45) is 0 Å². The number of rotatable bonds is 5. The van der Waals surface area contributed by atoms with Gasteiger partial charge in [-0.2, -0.15) is 0 Å². The van der Waals surface area contributed by atoms with Crippen LogP contribution in [0.1, 0.15) is 24.1 Å². The third kappa shape index (κ3) is 3.76. The van der Waals surface area contributed by atoms with Crippen LogP contribution in [-0.2, 0) is 6.42 Å². The molecule has 1 aromatic heterocycles. The predicted molar refractivity (Wildman–Crippen MR) is 72.4 cm³/mol. The molecular formula is C15H17FN2O. The number of aromatic hydroxyl groups is 1. The lowest BCUT2D eigenvalue weighted by Crippen LogP contribution is -2.22. The second-order valence-electron chi connectivity index (χ2n) is 4.49. The number of phenolic OH excluding ortho intramolecular Hbond substituents is 1. The minimum atomic E-state index is -0.385. The lowest BCUT2D eigenvalue weighted by Gasteiger charge is -2.15. The molecule has 0 aliphatic rings. The molecule has 1 aromatic carbocycles. The zero-order valence-electron chi connectivity index (χ0n) is 10.8. The molecule has 0 spiro atoms. The third-order valence-corrected chi connectivity index (χ3v) is 3.06. The fourth-order valence-corrected chi connectivity index (χ4v) is 1.96. The smallest absolute Gasteiger partial charge is 0.131 e. The summed E-state index contributed by atoms with van der Waals surface area (Å²) in [4.78, 5) is 3.96. The molecule has 0 aliphatic heterocycles. The fourth-order valence-electron chi connectivity index (χ4n) is 1.96. The Labute approximate surface area is 112 Å². The molecule has 3 nitrogen and oxygen atoms in total. The average Bonchev–Trinajstić information content (AvgIpc) is 2.39. The minimum Gasteiger partial charge on any atom is -0.508 e. The molecule has 0 saturated carbocycles. The number of hydrogen-bond donors (Lipinski definition) is 2. The Balaban J connectivity index is 1.89. The summed E-state index contributed by atoms with van der Waals surface area (Å²) in [6, 6.07) is 8.08. The molecule has 4 heteroatoms. The van der Waals surface area contributed by atoms with Gasteiger partial charge < -0.3 is 10.4 Å². The summed E-state index contributed by atoms with van der Waals surface area (Å²) in [5.41, 5.74) is 1.76. The molecular weight excluding hydrogens is 243 g/mol. The Morgan fingerprint density at radius 3 is 2.68 bits per heavy atom. The third-order valence-electron chi connectivity index (χ3n) is 3.06. The van der Waals surface area contributed by atoms with Gasteiger partial charge in [0, 0.05) is 30.1 Å². The summed E-state index contributed by atoms with van der Waals surface area (Å²) in [5, 5.41) is 12.4. The van der Waals surface area contributed by atoms with Crippen LogP contribution in [0.15, 0.2) is 42.7 Å². The largest absolute Gasteiger partial charge is 0.508 e. The highest BCUT2D eigenvalue weighted by Crippen LogP contribution is 2.20. The van der Waals surface area contributed by atoms with Gasteiger partial charge in [-0.3, -0.25) is 4.98 Å². The maximum absolute atomic E-state index is 13.6. The molecule has 0 aliphatic carbocycles. The summed E-state index contributed by atoms with van der Waals surface area (Å²) in [7, 11) is 0. The monoisotopic (exact) mass is 260 g/mol. The molecule has 0 fully saturated rings. The average molecular weight is 260 g/mol. The number of nitrogens with one attached hydrogen (secondary N) is 1. The van der Waals surface area contributed by atoms with Crippen LogP contribution in [-0.4, -0.2) is 16.6 Å². The van der Waals surface area contributed by atoms with E-state index in [0.29, 0.717) is 5.56 Å². The molecule has 1 unspecified atom stereocenters. The summed E-state index contributed by atoms with van der Waals surface area (Å²) in [6.07, 6.45) is 4.39. The van der Waals surface area contributed by atoms with E-state index < -0.39 is 0 Å². The summed E-state index contributed by atoms with van der Waals surface area (Å²) >= 11 is 0. The van der Waals surface area contributed by atoms with Crippen molar-refractivity contribution in [3.8, 4) is 5.75 Å². The maximum Gasteiger partial charge on any atom is 0.131 e. The molecule has 1 atom stereocenters. The predicted octanol–water partition coefficient (Wildman–Crippen LogP) is 2.82. The van der Waals surface area contributed by atoms with E-state index in [2.05, 4.69) is 10.3 Å². The van der Waals surface area contributed by atoms with Crippen molar-refractivity contribution < 1.29 is 9.50 Å². The second kappa shape index (κ2) is 6.29. The molecule has 0 amide bonds. The van der Waals surface area contributed by atoms with E-state index in [1.807, 2.05) is 19.1 Å². The number of phenols is 1. The van der Waals surface area contributed by atoms with Gasteiger partial charge >= 0.3 is 0 Å². The quantitative estimate of drug-likeness (QED) is 0.869. The standard InChI is InChI=1S/C15H17FN2O/c1-11(14-3-2-13(19)10-15(14)16)18-9-6-12-4-7-17-8-5-12/h2-5,7-8,10-11,18-19H,6,9H2,1H3. The first-order valence-corrected chi connectivity index (χ1v) is 6.27. The lowest BCUT2D eigenvalue weighted by atomic mass is 10.1. The maximum atomic E-state index is 13.6. The van der Waals surface area contributed by atoms with Crippen LogP contribution < -0.4 is 5.32 Å². The molecule has 19 heavy (non-hydrogen) atoms. The van der Waals surface area contributed by atoms with E-state index in [1.165, 1.54) is 11.6 Å². The van der Waals surface area contributed by atoms with Crippen molar-refractivity contribution in [1.29, 1.82) is 0 Å². The Morgan fingerprint density at radius 1 is 1.26 bits per heavy atom. The van der Waals surface area contributed by atoms with Crippen molar-refractivity contribution in [3.05, 3.63) is 59.7 Å². The van der Waals surface area contributed by atoms with Crippen LogP contribution in [0.25, 0.3) is 0 Å². The van der Waals surface area contributed by atoms with E-state index >= 15 is 0 Å². The molecule has 100 valence electrons. The Kier molecular flexibility index (Phi) is 4.47. The lowest BCUT2D eigenvalue weighted by molar-refractivity contribution is 0.464. The van der Waals surface area contributed by atoms with Crippen LogP contribution in [0.2, 0.25) is 0 Å². The van der Waals surface area contributed by atoms with Crippen molar-refractivity contribution in [2.45, 2.75) is 19.4 Å². The van der Waals surface area contributed by atoms with Crippen LogP contribution in [0.4, 0.5) is 4.39 Å². The van der Waals surface area contributed by atoms with E-state index in [-0.39, 0.29) is 17.6 Å². The molecule has 2 aromatic rings. The van der Waals surface area contributed by atoms with Gasteiger partial charge in [-0.1, -0.05) is 6.07 Å². The van der Waals surface area contributed by atoms with Gasteiger partial charge in [0.2, 0.25) is 0 Å². The Bertz CT molecular complexity index is 531. The van der Waals surface area contributed by atoms with Crippen molar-refractivity contribution in [2.75, 3.05) is 6.54 Å². The van der Waals surface area contributed by atoms with Gasteiger partial charge in [0.15, 0.2) is 0 Å². The van der Waals surface area contributed by atoms with E-state index in [4.69, 9.17) is 0 Å². The van der Waals surface area contributed by atoms with Gasteiger partial charge in [0.05, 0.1) is 0 Å². The van der Waals surface area contributed by atoms with E-state index in [1.54, 1.807) is 18.5 Å². The first kappa shape index (κ1) is 13.5. The SMILES string of the molecule is CC(NCCc1ccncc1)c1ccc(O)cc1F. The number of benzene rings is 1. The molecule has 1 heterocycles. The van der Waals surface area contributed by atoms with Crippen LogP contribution >= 0.6 is 0 Å². The highest BCUT2D eigenvalue weighted by atomic mass is 19.1. The number of pyridine rings is 1. The zero-order chi connectivity index (χ0) is 13.7. The van der Waals surface area contributed by atoms with Crippen molar-refractivity contribution in [3.63, 3.8) is 0 Å². The van der Waals surface area contributed by atoms with Gasteiger partial charge in [-0.25, -0.2) is 4.39 Å².